The number of halogens is 1. The summed E-state index contributed by atoms with van der Waals surface area (Å²) in [6.07, 6.45) is 10.5. The van der Waals surface area contributed by atoms with Gasteiger partial charge in [-0.3, -0.25) is 0 Å². The standard InChI is InChI=1S/C15H23ClN2O3S.C8H6N2O2/c1-3-5-11-17-15(19)18-22(20,21)13-9-7-12(8-10-13)14(16)6-4-2;11-8-6-3-1-2-4-7(6)9-5-10(8)12/h7-10,14H,3-6,11H2,1-2H3,(H2,17,18,19);2-5H,1H2. The molecule has 9 nitrogen and oxygen atoms in total. The first-order valence-electron chi connectivity index (χ1n) is 11.0. The van der Waals surface area contributed by atoms with Crippen LogP contribution in [0.5, 0.6) is 0 Å². The van der Waals surface area contributed by atoms with Crippen molar-refractivity contribution in [3.05, 3.63) is 58.8 Å². The molecule has 3 rings (SSSR count). The van der Waals surface area contributed by atoms with Gasteiger partial charge < -0.3 is 10.5 Å². The average Bonchev–Trinajstić information content (AvgIpc) is 2.82. The predicted octanol–water partition coefficient (Wildman–Crippen LogP) is 3.95. The number of allylic oxidation sites excluding steroid dienone is 3. The number of rotatable bonds is 8. The molecule has 1 atom stereocenters. The summed E-state index contributed by atoms with van der Waals surface area (Å²) in [6, 6.07) is 5.57. The van der Waals surface area contributed by atoms with E-state index >= 15 is 0 Å². The van der Waals surface area contributed by atoms with Gasteiger partial charge in [0.15, 0.2) is 5.71 Å². The van der Waals surface area contributed by atoms with E-state index in [1.54, 1.807) is 24.3 Å². The van der Waals surface area contributed by atoms with Crippen LogP contribution in [0.2, 0.25) is 0 Å². The maximum absolute atomic E-state index is 12.1. The minimum atomic E-state index is -3.86. The Morgan fingerprint density at radius 1 is 1.24 bits per heavy atom. The maximum Gasteiger partial charge on any atom is 0.348 e. The summed E-state index contributed by atoms with van der Waals surface area (Å²) in [7, 11) is -3.86. The molecule has 1 aliphatic carbocycles. The van der Waals surface area contributed by atoms with Crippen LogP contribution in [0.1, 0.15) is 56.9 Å². The Morgan fingerprint density at radius 2 is 1.94 bits per heavy atom. The number of hydrogen-bond donors (Lipinski definition) is 2. The van der Waals surface area contributed by atoms with Gasteiger partial charge in [-0.15, -0.1) is 11.6 Å². The average molecular weight is 509 g/mol. The molecule has 1 aliphatic heterocycles. The van der Waals surface area contributed by atoms with Crippen molar-refractivity contribution < 1.29 is 22.7 Å². The third-order valence-electron chi connectivity index (χ3n) is 4.88. The fraction of sp³-hybridized carbons (Fsp3) is 0.391. The Hall–Kier alpha value is -2.98. The minimum absolute atomic E-state index is 0.0438. The van der Waals surface area contributed by atoms with Gasteiger partial charge in [0.1, 0.15) is 5.57 Å². The molecular weight excluding hydrogens is 480 g/mol. The molecule has 2 N–H and O–H groups in total. The zero-order chi connectivity index (χ0) is 25.1. The molecule has 1 aromatic rings. The van der Waals surface area contributed by atoms with Crippen molar-refractivity contribution in [3.63, 3.8) is 0 Å². The lowest BCUT2D eigenvalue weighted by Crippen LogP contribution is -2.39. The molecule has 0 aromatic heterocycles. The largest absolute Gasteiger partial charge is 0.708 e. The Labute approximate surface area is 204 Å². The lowest BCUT2D eigenvalue weighted by Gasteiger charge is -2.11. The number of nitrogens with zero attached hydrogens (tertiary/aromatic N) is 2. The normalized spacial score (nSPS) is 15.6. The first kappa shape index (κ1) is 27.3. The molecule has 0 bridgehead atoms. The smallest absolute Gasteiger partial charge is 0.348 e. The Kier molecular flexibility index (Phi) is 10.5. The van der Waals surface area contributed by atoms with E-state index in [4.69, 9.17) is 11.6 Å². The van der Waals surface area contributed by atoms with Crippen LogP contribution < -0.4 is 10.0 Å². The van der Waals surface area contributed by atoms with Crippen molar-refractivity contribution in [1.82, 2.24) is 10.0 Å². The van der Waals surface area contributed by atoms with E-state index in [1.807, 2.05) is 24.6 Å². The van der Waals surface area contributed by atoms with Gasteiger partial charge in [0, 0.05) is 6.54 Å². The molecule has 34 heavy (non-hydrogen) atoms. The van der Waals surface area contributed by atoms with Crippen molar-refractivity contribution in [3.8, 4) is 0 Å². The molecule has 0 saturated heterocycles. The number of hydrogen-bond acceptors (Lipinski definition) is 6. The van der Waals surface area contributed by atoms with E-state index in [9.17, 15) is 23.2 Å². The van der Waals surface area contributed by atoms with Gasteiger partial charge in [0.05, 0.1) is 10.3 Å². The molecule has 11 heteroatoms. The summed E-state index contributed by atoms with van der Waals surface area (Å²) in [5.41, 5.74) is 1.86. The summed E-state index contributed by atoms with van der Waals surface area (Å²) < 4.78 is 26.4. The maximum atomic E-state index is 12.1. The number of aliphatic imine (C=N–C) groups is 1. The molecule has 1 aromatic carbocycles. The number of benzene rings is 1. The summed E-state index contributed by atoms with van der Waals surface area (Å²) >= 11 is 6.20. The zero-order valence-electron chi connectivity index (χ0n) is 19.2. The first-order valence-corrected chi connectivity index (χ1v) is 12.9. The molecule has 1 unspecified atom stereocenters. The SMILES string of the molecule is CCCCNC(=O)NS(=O)(=O)c1ccc(C(Cl)CCC)cc1.O=C1C2=CCC=CC2=NC=[N+]1[O-]. The van der Waals surface area contributed by atoms with Crippen LogP contribution in [0.15, 0.2) is 58.0 Å². The summed E-state index contributed by atoms with van der Waals surface area (Å²) in [5, 5.41) is 13.2. The van der Waals surface area contributed by atoms with Gasteiger partial charge in [0.25, 0.3) is 16.4 Å². The van der Waals surface area contributed by atoms with Crippen molar-refractivity contribution in [1.29, 1.82) is 0 Å². The van der Waals surface area contributed by atoms with E-state index in [-0.39, 0.29) is 15.0 Å². The third-order valence-corrected chi connectivity index (χ3v) is 6.70. The summed E-state index contributed by atoms with van der Waals surface area (Å²) in [4.78, 5) is 26.6. The Bertz CT molecular complexity index is 1110. The Balaban J connectivity index is 0.000000283. The van der Waals surface area contributed by atoms with Crippen molar-refractivity contribution in [2.24, 2.45) is 4.99 Å². The second-order valence-electron chi connectivity index (χ2n) is 7.56. The molecule has 3 amide bonds. The first-order chi connectivity index (χ1) is 16.2. The number of alkyl halides is 1. The van der Waals surface area contributed by atoms with Crippen LogP contribution in [0, 0.1) is 5.21 Å². The summed E-state index contributed by atoms with van der Waals surface area (Å²) in [6.45, 7) is 4.47. The molecule has 0 fully saturated rings. The van der Waals surface area contributed by atoms with Gasteiger partial charge in [-0.25, -0.2) is 22.7 Å². The minimum Gasteiger partial charge on any atom is -0.708 e. The number of unbranched alkanes of at least 4 members (excludes halogenated alkanes) is 1. The monoisotopic (exact) mass is 508 g/mol. The molecule has 0 spiro atoms. The number of sulfonamides is 1. The number of amides is 3. The highest BCUT2D eigenvalue weighted by Crippen LogP contribution is 2.26. The number of fused-ring (bicyclic) bond motifs is 1. The number of carbonyl (C=O) groups excluding carboxylic acids is 2. The number of urea groups is 1. The summed E-state index contributed by atoms with van der Waals surface area (Å²) in [5.74, 6) is -0.524. The lowest BCUT2D eigenvalue weighted by molar-refractivity contribution is -0.373. The van der Waals surface area contributed by atoms with Crippen LogP contribution in [0.4, 0.5) is 4.79 Å². The second kappa shape index (κ2) is 13.0. The highest BCUT2D eigenvalue weighted by Gasteiger charge is 2.26. The van der Waals surface area contributed by atoms with E-state index in [0.717, 1.165) is 37.6 Å². The van der Waals surface area contributed by atoms with E-state index < -0.39 is 22.0 Å². The second-order valence-corrected chi connectivity index (χ2v) is 9.77. The van der Waals surface area contributed by atoms with E-state index in [1.165, 1.54) is 12.1 Å². The fourth-order valence-electron chi connectivity index (χ4n) is 3.03. The molecule has 0 radical (unpaired) electrons. The van der Waals surface area contributed by atoms with Gasteiger partial charge in [0.2, 0.25) is 0 Å². The van der Waals surface area contributed by atoms with Crippen molar-refractivity contribution in [2.45, 2.75) is 56.2 Å². The van der Waals surface area contributed by atoms with Gasteiger partial charge in [-0.05, 0) is 48.0 Å². The topological polar surface area (TPSA) is 131 Å². The predicted molar refractivity (Wildman–Crippen MR) is 133 cm³/mol. The highest BCUT2D eigenvalue weighted by atomic mass is 35.5. The molecule has 2 aliphatic rings. The Morgan fingerprint density at radius 3 is 2.59 bits per heavy atom. The van der Waals surface area contributed by atoms with Crippen LogP contribution in [-0.2, 0) is 14.8 Å². The number of nitrogens with one attached hydrogen (secondary N) is 2. The van der Waals surface area contributed by atoms with Gasteiger partial charge in [-0.1, -0.05) is 51.0 Å². The van der Waals surface area contributed by atoms with Crippen LogP contribution in [0.25, 0.3) is 0 Å². The molecule has 0 saturated carbocycles. The van der Waals surface area contributed by atoms with Crippen LogP contribution in [-0.4, -0.2) is 43.7 Å². The molecular formula is C23H29ClN4O5S. The number of carbonyl (C=O) groups is 2. The lowest BCUT2D eigenvalue weighted by atomic mass is 10.0. The van der Waals surface area contributed by atoms with Gasteiger partial charge >= 0.3 is 11.9 Å². The van der Waals surface area contributed by atoms with Crippen LogP contribution in [0.3, 0.4) is 0 Å². The van der Waals surface area contributed by atoms with Crippen molar-refractivity contribution in [2.75, 3.05) is 6.54 Å². The molecule has 184 valence electrons. The van der Waals surface area contributed by atoms with Gasteiger partial charge in [-0.2, -0.15) is 4.74 Å². The third kappa shape index (κ3) is 7.81. The van der Waals surface area contributed by atoms with E-state index in [0.29, 0.717) is 24.3 Å². The zero-order valence-corrected chi connectivity index (χ0v) is 20.7. The van der Waals surface area contributed by atoms with Crippen molar-refractivity contribution >= 4 is 45.6 Å². The molecule has 1 heterocycles. The number of hydroxylamine groups is 1. The quantitative estimate of drug-likeness (QED) is 0.237. The van der Waals surface area contributed by atoms with Crippen LogP contribution >= 0.6 is 11.6 Å². The highest BCUT2D eigenvalue weighted by molar-refractivity contribution is 7.90. The van der Waals surface area contributed by atoms with E-state index in [2.05, 4.69) is 10.3 Å². The fourth-order valence-corrected chi connectivity index (χ4v) is 4.32.